The molecule has 1 N–H and O–H groups in total. The zero-order valence-corrected chi connectivity index (χ0v) is 18.6. The van der Waals surface area contributed by atoms with Gasteiger partial charge in [-0.1, -0.05) is 18.2 Å². The number of likely N-dealkylation sites (tertiary alicyclic amines) is 1. The number of methoxy groups -OCH3 is 1. The zero-order valence-electron chi connectivity index (χ0n) is 17.8. The first-order valence-corrected chi connectivity index (χ1v) is 11.9. The van der Waals surface area contributed by atoms with Crippen molar-refractivity contribution in [2.45, 2.75) is 50.9 Å². The van der Waals surface area contributed by atoms with E-state index in [1.54, 1.807) is 18.4 Å². The highest BCUT2D eigenvalue weighted by Crippen LogP contribution is 2.34. The molecule has 1 amide bonds. The molecule has 1 aliphatic heterocycles. The Morgan fingerprint density at radius 2 is 2.10 bits per heavy atom. The quantitative estimate of drug-likeness (QED) is 0.673. The third-order valence-corrected chi connectivity index (χ3v) is 7.72. The van der Waals surface area contributed by atoms with Gasteiger partial charge in [-0.15, -0.1) is 11.3 Å². The monoisotopic (exact) mass is 437 g/mol. The molecule has 3 heterocycles. The molecule has 0 radical (unpaired) electrons. The molecule has 0 saturated carbocycles. The highest BCUT2D eigenvalue weighted by Gasteiger charge is 2.28. The molecular weight excluding hydrogens is 410 g/mol. The van der Waals surface area contributed by atoms with Crippen LogP contribution in [0.3, 0.4) is 0 Å². The second-order valence-corrected chi connectivity index (χ2v) is 9.59. The van der Waals surface area contributed by atoms with Crippen molar-refractivity contribution in [3.63, 3.8) is 0 Å². The summed E-state index contributed by atoms with van der Waals surface area (Å²) in [6, 6.07) is 7.65. The highest BCUT2D eigenvalue weighted by molar-refractivity contribution is 7.18. The summed E-state index contributed by atoms with van der Waals surface area (Å²) in [5.41, 5.74) is 2.09. The summed E-state index contributed by atoms with van der Waals surface area (Å²) in [6.07, 6.45) is 6.52. The Labute approximate surface area is 185 Å². The number of amides is 1. The maximum absolute atomic E-state index is 13.0. The maximum atomic E-state index is 13.0. The van der Waals surface area contributed by atoms with Crippen LogP contribution in [-0.4, -0.2) is 41.0 Å². The van der Waals surface area contributed by atoms with E-state index in [1.165, 1.54) is 16.9 Å². The van der Waals surface area contributed by atoms with E-state index in [0.29, 0.717) is 13.0 Å². The minimum Gasteiger partial charge on any atom is -0.496 e. The Balaban J connectivity index is 1.37. The van der Waals surface area contributed by atoms with Crippen LogP contribution in [-0.2, 0) is 24.1 Å². The van der Waals surface area contributed by atoms with Crippen LogP contribution < -0.4 is 10.3 Å². The fourth-order valence-corrected chi connectivity index (χ4v) is 6.19. The van der Waals surface area contributed by atoms with Crippen molar-refractivity contribution in [3.05, 3.63) is 56.4 Å². The molecule has 162 valence electrons. The van der Waals surface area contributed by atoms with E-state index in [-0.39, 0.29) is 17.4 Å². The van der Waals surface area contributed by atoms with Crippen LogP contribution in [0.25, 0.3) is 10.2 Å². The third-order valence-electron chi connectivity index (χ3n) is 6.54. The summed E-state index contributed by atoms with van der Waals surface area (Å²) in [5, 5.41) is 0.795. The molecule has 1 atom stereocenters. The number of ether oxygens (including phenoxy) is 1. The Kier molecular flexibility index (Phi) is 5.52. The molecule has 5 rings (SSSR count). The minimum atomic E-state index is -0.0168. The van der Waals surface area contributed by atoms with Gasteiger partial charge < -0.3 is 14.6 Å². The molecule has 0 bridgehead atoms. The molecule has 2 aromatic heterocycles. The van der Waals surface area contributed by atoms with E-state index in [9.17, 15) is 9.59 Å². The molecule has 0 unspecified atom stereocenters. The smallest absolute Gasteiger partial charge is 0.259 e. The molecule has 7 heteroatoms. The molecular formula is C24H27N3O3S. The van der Waals surface area contributed by atoms with Gasteiger partial charge in [-0.05, 0) is 50.2 Å². The number of hydrogen-bond donors (Lipinski definition) is 1. The standard InChI is InChI=1S/C24H27N3O3S/c1-30-18-10-4-2-7-15(18)13-20(28)27-12-6-8-16(14-27)22-25-23(29)21-17-9-3-5-11-19(17)31-24(21)26-22/h2,4,7,10,16H,3,5-6,8-9,11-14H2,1H3,(H,25,26,29)/t16-/m1/s1. The number of H-pyrrole nitrogens is 1. The predicted octanol–water partition coefficient (Wildman–Crippen LogP) is 3.82. The fraction of sp³-hybridized carbons (Fsp3) is 0.458. The molecule has 1 fully saturated rings. The Morgan fingerprint density at radius 1 is 1.26 bits per heavy atom. The van der Waals surface area contributed by atoms with Gasteiger partial charge in [0.1, 0.15) is 16.4 Å². The summed E-state index contributed by atoms with van der Waals surface area (Å²) in [7, 11) is 1.63. The second kappa shape index (κ2) is 8.46. The van der Waals surface area contributed by atoms with E-state index >= 15 is 0 Å². The summed E-state index contributed by atoms with van der Waals surface area (Å²) in [6.45, 7) is 1.33. The van der Waals surface area contributed by atoms with Gasteiger partial charge in [0.05, 0.1) is 18.9 Å². The van der Waals surface area contributed by atoms with Crippen molar-refractivity contribution < 1.29 is 9.53 Å². The van der Waals surface area contributed by atoms with E-state index in [4.69, 9.17) is 9.72 Å². The Bertz CT molecular complexity index is 1180. The van der Waals surface area contributed by atoms with Crippen molar-refractivity contribution >= 4 is 27.5 Å². The first-order valence-electron chi connectivity index (χ1n) is 11.1. The number of para-hydroxylation sites is 1. The fourth-order valence-electron chi connectivity index (χ4n) is 4.92. The number of benzene rings is 1. The minimum absolute atomic E-state index is 0.0168. The largest absolute Gasteiger partial charge is 0.496 e. The van der Waals surface area contributed by atoms with E-state index in [1.807, 2.05) is 29.2 Å². The number of carbonyl (C=O) groups excluding carboxylic acids is 1. The van der Waals surface area contributed by atoms with Crippen molar-refractivity contribution in [2.24, 2.45) is 0 Å². The second-order valence-electron chi connectivity index (χ2n) is 8.51. The van der Waals surface area contributed by atoms with Crippen LogP contribution in [0.15, 0.2) is 29.1 Å². The van der Waals surface area contributed by atoms with Crippen LogP contribution in [0, 0.1) is 0 Å². The van der Waals surface area contributed by atoms with Crippen molar-refractivity contribution in [2.75, 3.05) is 20.2 Å². The van der Waals surface area contributed by atoms with Gasteiger partial charge in [-0.25, -0.2) is 4.98 Å². The lowest BCUT2D eigenvalue weighted by Crippen LogP contribution is -2.40. The first kappa shape index (κ1) is 20.2. The summed E-state index contributed by atoms with van der Waals surface area (Å²) >= 11 is 1.68. The predicted molar refractivity (Wildman–Crippen MR) is 122 cm³/mol. The number of nitrogens with one attached hydrogen (secondary N) is 1. The van der Waals surface area contributed by atoms with E-state index in [2.05, 4.69) is 4.98 Å². The van der Waals surface area contributed by atoms with Crippen LogP contribution >= 0.6 is 11.3 Å². The van der Waals surface area contributed by atoms with Crippen LogP contribution in [0.1, 0.15) is 53.4 Å². The normalized spacial score (nSPS) is 18.7. The van der Waals surface area contributed by atoms with Crippen LogP contribution in [0.5, 0.6) is 5.75 Å². The molecule has 0 spiro atoms. The van der Waals surface area contributed by atoms with E-state index in [0.717, 1.165) is 66.0 Å². The number of fused-ring (bicyclic) bond motifs is 3. The number of piperidine rings is 1. The zero-order chi connectivity index (χ0) is 21.4. The van der Waals surface area contributed by atoms with Gasteiger partial charge in [0.2, 0.25) is 5.91 Å². The van der Waals surface area contributed by atoms with Gasteiger partial charge in [-0.2, -0.15) is 0 Å². The van der Waals surface area contributed by atoms with Gasteiger partial charge in [0.15, 0.2) is 0 Å². The van der Waals surface area contributed by atoms with Gasteiger partial charge in [0.25, 0.3) is 5.56 Å². The highest BCUT2D eigenvalue weighted by atomic mass is 32.1. The molecule has 1 aromatic carbocycles. The number of aromatic nitrogens is 2. The van der Waals surface area contributed by atoms with Crippen molar-refractivity contribution in [1.82, 2.24) is 14.9 Å². The molecule has 1 saturated heterocycles. The Hall–Kier alpha value is -2.67. The number of nitrogens with zero attached hydrogens (tertiary/aromatic N) is 2. The number of thiophene rings is 1. The lowest BCUT2D eigenvalue weighted by Gasteiger charge is -2.32. The average Bonchev–Trinajstić information content (AvgIpc) is 3.18. The summed E-state index contributed by atoms with van der Waals surface area (Å²) < 4.78 is 5.39. The molecule has 2 aliphatic rings. The van der Waals surface area contributed by atoms with Crippen LogP contribution in [0.2, 0.25) is 0 Å². The van der Waals surface area contributed by atoms with Crippen molar-refractivity contribution in [3.8, 4) is 5.75 Å². The van der Waals surface area contributed by atoms with E-state index < -0.39 is 0 Å². The third kappa shape index (κ3) is 3.87. The van der Waals surface area contributed by atoms with Crippen LogP contribution in [0.4, 0.5) is 0 Å². The molecule has 6 nitrogen and oxygen atoms in total. The lowest BCUT2D eigenvalue weighted by molar-refractivity contribution is -0.131. The summed E-state index contributed by atoms with van der Waals surface area (Å²) in [5.74, 6) is 1.62. The number of rotatable bonds is 4. The average molecular weight is 438 g/mol. The van der Waals surface area contributed by atoms with Gasteiger partial charge in [-0.3, -0.25) is 9.59 Å². The molecule has 1 aliphatic carbocycles. The van der Waals surface area contributed by atoms with Crippen molar-refractivity contribution in [1.29, 1.82) is 0 Å². The van der Waals surface area contributed by atoms with Gasteiger partial charge in [0, 0.05) is 29.4 Å². The number of carbonyl (C=O) groups is 1. The SMILES string of the molecule is COc1ccccc1CC(=O)N1CCC[C@@H](c2nc3sc4c(c3c(=O)[nH]2)CCCC4)C1. The van der Waals surface area contributed by atoms with Gasteiger partial charge >= 0.3 is 0 Å². The number of hydrogen-bond acceptors (Lipinski definition) is 5. The lowest BCUT2D eigenvalue weighted by atomic mass is 9.95. The number of aryl methyl sites for hydroxylation is 2. The number of aromatic amines is 1. The topological polar surface area (TPSA) is 75.3 Å². The Morgan fingerprint density at radius 3 is 2.97 bits per heavy atom. The summed E-state index contributed by atoms with van der Waals surface area (Å²) in [4.78, 5) is 38.0. The molecule has 3 aromatic rings. The maximum Gasteiger partial charge on any atom is 0.259 e. The first-order chi connectivity index (χ1) is 15.1. The molecule has 31 heavy (non-hydrogen) atoms.